The molecule has 0 bridgehead atoms. The van der Waals surface area contributed by atoms with Crippen LogP contribution in [0.1, 0.15) is 92.9 Å². The molecule has 0 aromatic carbocycles. The maximum absolute atomic E-state index is 2.57. The van der Waals surface area contributed by atoms with Crippen molar-refractivity contribution in [1.29, 1.82) is 0 Å². The first-order valence-electron chi connectivity index (χ1n) is 8.75. The molecule has 2 unspecified atom stereocenters. The molecule has 0 aromatic rings. The van der Waals surface area contributed by atoms with Gasteiger partial charge in [0.15, 0.2) is 0 Å². The lowest BCUT2D eigenvalue weighted by Crippen LogP contribution is -2.01. The molecule has 0 aliphatic heterocycles. The summed E-state index contributed by atoms with van der Waals surface area (Å²) in [5, 5.41) is 0. The van der Waals surface area contributed by atoms with Gasteiger partial charge in [-0.15, -0.1) is 0 Å². The average Bonchev–Trinajstić information content (AvgIpc) is 2.27. The molecule has 0 fully saturated rings. The van der Waals surface area contributed by atoms with Crippen LogP contribution in [0.3, 0.4) is 0 Å². The molecule has 0 spiro atoms. The van der Waals surface area contributed by atoms with E-state index >= 15 is 0 Å². The summed E-state index contributed by atoms with van der Waals surface area (Å²) in [6.07, 6.45) is 13.7. The van der Waals surface area contributed by atoms with Crippen LogP contribution in [0.5, 0.6) is 0 Å². The van der Waals surface area contributed by atoms with Gasteiger partial charge in [0.25, 0.3) is 0 Å². The molecular weight excluding hydrogens is 228 g/mol. The molecule has 0 saturated heterocycles. The number of hydrogen-bond donors (Lipinski definition) is 0. The van der Waals surface area contributed by atoms with Crippen molar-refractivity contribution in [3.05, 3.63) is 6.42 Å². The summed E-state index contributed by atoms with van der Waals surface area (Å²) < 4.78 is 0. The smallest absolute Gasteiger partial charge is 0.0357 e. The Hall–Kier alpha value is 0. The van der Waals surface area contributed by atoms with Crippen molar-refractivity contribution in [2.24, 2.45) is 23.7 Å². The minimum absolute atomic E-state index is 0.821. The van der Waals surface area contributed by atoms with E-state index < -0.39 is 0 Å². The van der Waals surface area contributed by atoms with Gasteiger partial charge in [0.2, 0.25) is 0 Å². The molecule has 0 amide bonds. The second-order valence-electron chi connectivity index (χ2n) is 7.55. The fraction of sp³-hybridized carbons (Fsp3) is 0.947. The summed E-state index contributed by atoms with van der Waals surface area (Å²) in [5.41, 5.74) is 0. The van der Waals surface area contributed by atoms with Crippen molar-refractivity contribution in [3.63, 3.8) is 0 Å². The quantitative estimate of drug-likeness (QED) is 0.361. The van der Waals surface area contributed by atoms with Crippen molar-refractivity contribution in [2.45, 2.75) is 92.9 Å². The Morgan fingerprint density at radius 1 is 0.632 bits per heavy atom. The van der Waals surface area contributed by atoms with E-state index in [9.17, 15) is 0 Å². The lowest BCUT2D eigenvalue weighted by Gasteiger charge is -2.15. The normalized spacial score (nSPS) is 15.2. The third-order valence-electron chi connectivity index (χ3n) is 4.15. The summed E-state index contributed by atoms with van der Waals surface area (Å²) >= 11 is 0. The second-order valence-corrected chi connectivity index (χ2v) is 7.55. The monoisotopic (exact) mass is 267 g/mol. The number of hydrogen-bond acceptors (Lipinski definition) is 0. The first kappa shape index (κ1) is 19.0. The Balaban J connectivity index is 3.40. The van der Waals surface area contributed by atoms with Gasteiger partial charge in [0, 0.05) is 0 Å². The van der Waals surface area contributed by atoms with Crippen LogP contribution in [0.25, 0.3) is 0 Å². The summed E-state index contributed by atoms with van der Waals surface area (Å²) in [6.45, 7) is 14.1. The molecular formula is C19H39. The van der Waals surface area contributed by atoms with E-state index in [0.29, 0.717) is 0 Å². The summed E-state index contributed by atoms with van der Waals surface area (Å²) in [5.74, 6) is 3.48. The molecule has 0 aliphatic rings. The Labute approximate surface area is 123 Å². The van der Waals surface area contributed by atoms with Gasteiger partial charge in [0.1, 0.15) is 0 Å². The van der Waals surface area contributed by atoms with Crippen molar-refractivity contribution in [3.8, 4) is 0 Å². The lowest BCUT2D eigenvalue weighted by molar-refractivity contribution is 0.422. The van der Waals surface area contributed by atoms with E-state index in [1.54, 1.807) is 0 Å². The fourth-order valence-corrected chi connectivity index (χ4v) is 2.65. The van der Waals surface area contributed by atoms with Gasteiger partial charge in [0.05, 0.1) is 0 Å². The molecule has 0 rings (SSSR count). The fourth-order valence-electron chi connectivity index (χ4n) is 2.65. The SMILES string of the molecule is CC(C)CCCC(C)[CH]CCC(C)CCCC(C)C. The zero-order chi connectivity index (χ0) is 14.7. The van der Waals surface area contributed by atoms with Crippen LogP contribution in [0, 0.1) is 30.1 Å². The standard InChI is InChI=1S/C19H39/c1-16(2)10-7-12-18(5)14-9-15-19(6)13-8-11-17(3)4/h14,16-19H,7-13,15H2,1-6H3. The first-order valence-corrected chi connectivity index (χ1v) is 8.75. The van der Waals surface area contributed by atoms with E-state index in [-0.39, 0.29) is 0 Å². The first-order chi connectivity index (χ1) is 8.91. The molecule has 115 valence electrons. The van der Waals surface area contributed by atoms with Gasteiger partial charge < -0.3 is 0 Å². The van der Waals surface area contributed by atoms with Crippen LogP contribution >= 0.6 is 0 Å². The largest absolute Gasteiger partial charge is 0.0628 e. The van der Waals surface area contributed by atoms with Gasteiger partial charge >= 0.3 is 0 Å². The average molecular weight is 268 g/mol. The molecule has 0 aliphatic carbocycles. The van der Waals surface area contributed by atoms with E-state index in [1.807, 2.05) is 0 Å². The highest BCUT2D eigenvalue weighted by molar-refractivity contribution is 4.74. The second kappa shape index (κ2) is 11.8. The molecule has 0 nitrogen and oxygen atoms in total. The highest BCUT2D eigenvalue weighted by Crippen LogP contribution is 2.21. The van der Waals surface area contributed by atoms with Crippen molar-refractivity contribution in [2.75, 3.05) is 0 Å². The van der Waals surface area contributed by atoms with Crippen LogP contribution in [-0.4, -0.2) is 0 Å². The van der Waals surface area contributed by atoms with Crippen molar-refractivity contribution < 1.29 is 0 Å². The predicted octanol–water partition coefficient (Wildman–Crippen LogP) is 6.90. The van der Waals surface area contributed by atoms with E-state index in [2.05, 4.69) is 48.0 Å². The van der Waals surface area contributed by atoms with Crippen molar-refractivity contribution >= 4 is 0 Å². The molecule has 0 aromatic heterocycles. The molecule has 0 heterocycles. The van der Waals surface area contributed by atoms with Gasteiger partial charge in [-0.05, 0) is 36.5 Å². The van der Waals surface area contributed by atoms with E-state index in [0.717, 1.165) is 23.7 Å². The molecule has 0 heteroatoms. The molecule has 1 radical (unpaired) electrons. The van der Waals surface area contributed by atoms with Crippen LogP contribution in [-0.2, 0) is 0 Å². The highest BCUT2D eigenvalue weighted by atomic mass is 14.1. The third-order valence-corrected chi connectivity index (χ3v) is 4.15. The molecule has 19 heavy (non-hydrogen) atoms. The maximum atomic E-state index is 2.57. The van der Waals surface area contributed by atoms with Gasteiger partial charge in [-0.3, -0.25) is 0 Å². The minimum atomic E-state index is 0.821. The van der Waals surface area contributed by atoms with Crippen LogP contribution in [0.15, 0.2) is 0 Å². The Morgan fingerprint density at radius 2 is 1.16 bits per heavy atom. The van der Waals surface area contributed by atoms with E-state index in [1.165, 1.54) is 51.4 Å². The molecule has 2 atom stereocenters. The van der Waals surface area contributed by atoms with Crippen LogP contribution in [0.4, 0.5) is 0 Å². The predicted molar refractivity (Wildman–Crippen MR) is 89.2 cm³/mol. The maximum Gasteiger partial charge on any atom is -0.0357 e. The zero-order valence-electron chi connectivity index (χ0n) is 14.5. The van der Waals surface area contributed by atoms with Crippen LogP contribution in [0.2, 0.25) is 0 Å². The zero-order valence-corrected chi connectivity index (χ0v) is 14.5. The van der Waals surface area contributed by atoms with Crippen molar-refractivity contribution in [1.82, 2.24) is 0 Å². The Bertz CT molecular complexity index is 160. The molecule has 0 saturated carbocycles. The molecule has 0 N–H and O–H groups in total. The van der Waals surface area contributed by atoms with Gasteiger partial charge in [-0.1, -0.05) is 86.5 Å². The Morgan fingerprint density at radius 3 is 1.68 bits per heavy atom. The summed E-state index contributed by atoms with van der Waals surface area (Å²) in [4.78, 5) is 0. The van der Waals surface area contributed by atoms with Gasteiger partial charge in [-0.2, -0.15) is 0 Å². The van der Waals surface area contributed by atoms with Crippen LogP contribution < -0.4 is 0 Å². The lowest BCUT2D eigenvalue weighted by atomic mass is 9.91. The van der Waals surface area contributed by atoms with Gasteiger partial charge in [-0.25, -0.2) is 0 Å². The summed E-state index contributed by atoms with van der Waals surface area (Å²) in [7, 11) is 0. The van der Waals surface area contributed by atoms with E-state index in [4.69, 9.17) is 0 Å². The third kappa shape index (κ3) is 14.2. The highest BCUT2D eigenvalue weighted by Gasteiger charge is 2.07. The Kier molecular flexibility index (Phi) is 11.8. The topological polar surface area (TPSA) is 0 Å². The number of rotatable bonds is 12. The minimum Gasteiger partial charge on any atom is -0.0628 e. The summed E-state index contributed by atoms with van der Waals surface area (Å²) in [6, 6.07) is 0.